The molecule has 4 heteroatoms. The van der Waals surface area contributed by atoms with E-state index < -0.39 is 0 Å². The maximum absolute atomic E-state index is 12.1. The lowest BCUT2D eigenvalue weighted by atomic mass is 9.93. The minimum atomic E-state index is -0.241. The van der Waals surface area contributed by atoms with Crippen LogP contribution in [0.4, 0.5) is 0 Å². The number of ketones is 2. The molecule has 0 amide bonds. The van der Waals surface area contributed by atoms with E-state index in [4.69, 9.17) is 0 Å². The van der Waals surface area contributed by atoms with Gasteiger partial charge in [0.25, 0.3) is 0 Å². The first-order chi connectivity index (χ1) is 8.77. The highest BCUT2D eigenvalue weighted by molar-refractivity contribution is 6.01. The number of hydrogen-bond donors (Lipinski definition) is 2. The van der Waals surface area contributed by atoms with E-state index in [2.05, 4.69) is 0 Å². The van der Waals surface area contributed by atoms with E-state index in [1.807, 2.05) is 0 Å². The van der Waals surface area contributed by atoms with Gasteiger partial charge in [-0.1, -0.05) is 0 Å². The van der Waals surface area contributed by atoms with Gasteiger partial charge in [0.2, 0.25) is 0 Å². The molecule has 0 heterocycles. The van der Waals surface area contributed by atoms with Crippen LogP contribution >= 0.6 is 0 Å². The van der Waals surface area contributed by atoms with E-state index in [9.17, 15) is 19.8 Å². The van der Waals surface area contributed by atoms with Gasteiger partial charge in [-0.15, -0.1) is 0 Å². The molecule has 0 aliphatic rings. The van der Waals surface area contributed by atoms with Gasteiger partial charge in [0.05, 0.1) is 5.56 Å². The summed E-state index contributed by atoms with van der Waals surface area (Å²) in [5, 5.41) is 20.0. The molecule has 4 nitrogen and oxygen atoms in total. The number of phenols is 2. The topological polar surface area (TPSA) is 74.6 Å². The molecule has 104 valence electrons. The number of phenolic OH excluding ortho intramolecular Hbond substituents is 2. The first-order valence-electron chi connectivity index (χ1n) is 6.31. The van der Waals surface area contributed by atoms with Crippen molar-refractivity contribution in [1.82, 2.24) is 0 Å². The fourth-order valence-corrected chi connectivity index (χ4v) is 2.08. The summed E-state index contributed by atoms with van der Waals surface area (Å²) in [7, 11) is 0. The smallest absolute Gasteiger partial charge is 0.167 e. The lowest BCUT2D eigenvalue weighted by Gasteiger charge is -2.14. The third-order valence-electron chi connectivity index (χ3n) is 3.45. The van der Waals surface area contributed by atoms with E-state index in [0.29, 0.717) is 29.5 Å². The Morgan fingerprint density at radius 1 is 0.895 bits per heavy atom. The van der Waals surface area contributed by atoms with Crippen LogP contribution in [-0.2, 0) is 4.79 Å². The molecule has 0 aliphatic carbocycles. The highest BCUT2D eigenvalue weighted by Crippen LogP contribution is 2.36. The molecule has 0 aliphatic heterocycles. The fraction of sp³-hybridized carbons (Fsp3) is 0.467. The van der Waals surface area contributed by atoms with Crippen LogP contribution in [-0.4, -0.2) is 21.8 Å². The minimum Gasteiger partial charge on any atom is -0.507 e. The molecule has 1 aromatic carbocycles. The van der Waals surface area contributed by atoms with Crippen LogP contribution in [0, 0.1) is 20.8 Å². The number of carbonyl (C=O) groups is 2. The molecule has 0 atom stereocenters. The predicted molar refractivity (Wildman–Crippen MR) is 72.8 cm³/mol. The molecular formula is C15H20O4. The molecule has 1 aromatic rings. The quantitative estimate of drug-likeness (QED) is 0.633. The number of hydrogen-bond acceptors (Lipinski definition) is 4. The molecule has 1 rings (SSSR count). The lowest BCUT2D eigenvalue weighted by molar-refractivity contribution is -0.117. The number of benzene rings is 1. The lowest BCUT2D eigenvalue weighted by Crippen LogP contribution is -2.06. The van der Waals surface area contributed by atoms with Crippen molar-refractivity contribution in [3.63, 3.8) is 0 Å². The second-order valence-corrected chi connectivity index (χ2v) is 4.93. The average Bonchev–Trinajstić information content (AvgIpc) is 2.34. The maximum atomic E-state index is 12.1. The summed E-state index contributed by atoms with van der Waals surface area (Å²) in [6.45, 7) is 6.45. The van der Waals surface area contributed by atoms with Crippen molar-refractivity contribution in [2.45, 2.75) is 47.0 Å². The molecule has 0 unspecified atom stereocenters. The zero-order valence-corrected chi connectivity index (χ0v) is 11.8. The molecular weight excluding hydrogens is 244 g/mol. The van der Waals surface area contributed by atoms with Gasteiger partial charge in [0.1, 0.15) is 17.3 Å². The Kier molecular flexibility index (Phi) is 4.70. The number of Topliss-reactive ketones (excluding diaryl/α,β-unsaturated/α-hetero) is 2. The monoisotopic (exact) mass is 264 g/mol. The van der Waals surface area contributed by atoms with Crippen molar-refractivity contribution >= 4 is 11.6 Å². The van der Waals surface area contributed by atoms with Gasteiger partial charge < -0.3 is 15.0 Å². The van der Waals surface area contributed by atoms with Crippen LogP contribution in [0.25, 0.3) is 0 Å². The normalized spacial score (nSPS) is 10.5. The number of aromatic hydroxyl groups is 2. The standard InChI is InChI=1S/C15H20O4/c1-8(16)6-5-7-12(17)13-11(4)14(18)9(2)10(3)15(13)19/h18-19H,5-7H2,1-4H3. The van der Waals surface area contributed by atoms with Gasteiger partial charge in [-0.3, -0.25) is 4.79 Å². The van der Waals surface area contributed by atoms with Crippen LogP contribution in [0.3, 0.4) is 0 Å². The van der Waals surface area contributed by atoms with E-state index in [1.54, 1.807) is 20.8 Å². The Balaban J connectivity index is 3.07. The average molecular weight is 264 g/mol. The summed E-state index contributed by atoms with van der Waals surface area (Å²) in [4.78, 5) is 22.9. The van der Waals surface area contributed by atoms with Crippen molar-refractivity contribution in [3.8, 4) is 11.5 Å². The van der Waals surface area contributed by atoms with Crippen molar-refractivity contribution in [2.24, 2.45) is 0 Å². The van der Waals surface area contributed by atoms with Crippen LogP contribution in [0.15, 0.2) is 0 Å². The van der Waals surface area contributed by atoms with E-state index in [-0.39, 0.29) is 35.0 Å². The maximum Gasteiger partial charge on any atom is 0.167 e. The SMILES string of the molecule is CC(=O)CCCC(=O)c1c(C)c(O)c(C)c(C)c1O. The highest BCUT2D eigenvalue weighted by Gasteiger charge is 2.21. The third kappa shape index (κ3) is 3.13. The molecule has 2 N–H and O–H groups in total. The van der Waals surface area contributed by atoms with Crippen molar-refractivity contribution in [1.29, 1.82) is 0 Å². The summed E-state index contributed by atoms with van der Waals surface area (Å²) in [6, 6.07) is 0. The largest absolute Gasteiger partial charge is 0.507 e. The summed E-state index contributed by atoms with van der Waals surface area (Å²) >= 11 is 0. The molecule has 0 saturated carbocycles. The fourth-order valence-electron chi connectivity index (χ4n) is 2.08. The summed E-state index contributed by atoms with van der Waals surface area (Å²) < 4.78 is 0. The van der Waals surface area contributed by atoms with Gasteiger partial charge in [-0.25, -0.2) is 0 Å². The highest BCUT2D eigenvalue weighted by atomic mass is 16.3. The summed E-state index contributed by atoms with van der Waals surface area (Å²) in [5.74, 6) is -0.225. The zero-order valence-electron chi connectivity index (χ0n) is 11.8. The van der Waals surface area contributed by atoms with E-state index in [0.717, 1.165) is 0 Å². The number of rotatable bonds is 5. The molecule has 0 fully saturated rings. The van der Waals surface area contributed by atoms with E-state index >= 15 is 0 Å². The Labute approximate surface area is 113 Å². The predicted octanol–water partition coefficient (Wildman–Crippen LogP) is 2.97. The molecule has 0 bridgehead atoms. The van der Waals surface area contributed by atoms with Gasteiger partial charge in [0.15, 0.2) is 5.78 Å². The second-order valence-electron chi connectivity index (χ2n) is 4.93. The molecule has 19 heavy (non-hydrogen) atoms. The van der Waals surface area contributed by atoms with Crippen LogP contribution in [0.1, 0.15) is 53.2 Å². The number of carbonyl (C=O) groups excluding carboxylic acids is 2. The molecule has 0 spiro atoms. The first kappa shape index (κ1) is 15.2. The van der Waals surface area contributed by atoms with Crippen LogP contribution < -0.4 is 0 Å². The van der Waals surface area contributed by atoms with Crippen LogP contribution in [0.5, 0.6) is 11.5 Å². The minimum absolute atomic E-state index is 0.0386. The Hall–Kier alpha value is -1.84. The first-order valence-corrected chi connectivity index (χ1v) is 6.31. The van der Waals surface area contributed by atoms with Crippen LogP contribution in [0.2, 0.25) is 0 Å². The summed E-state index contributed by atoms with van der Waals surface area (Å²) in [5.41, 5.74) is 1.66. The molecule has 0 saturated heterocycles. The summed E-state index contributed by atoms with van der Waals surface area (Å²) in [6.07, 6.45) is 0.999. The van der Waals surface area contributed by atoms with Gasteiger partial charge in [0, 0.05) is 18.4 Å². The Bertz CT molecular complexity index is 500. The molecule has 0 radical (unpaired) electrons. The third-order valence-corrected chi connectivity index (χ3v) is 3.45. The van der Waals surface area contributed by atoms with Crippen molar-refractivity contribution < 1.29 is 19.8 Å². The Morgan fingerprint density at radius 3 is 1.95 bits per heavy atom. The van der Waals surface area contributed by atoms with Gasteiger partial charge in [-0.2, -0.15) is 0 Å². The van der Waals surface area contributed by atoms with Gasteiger partial charge in [-0.05, 0) is 45.2 Å². The molecule has 0 aromatic heterocycles. The van der Waals surface area contributed by atoms with Gasteiger partial charge >= 0.3 is 0 Å². The van der Waals surface area contributed by atoms with Crippen molar-refractivity contribution in [2.75, 3.05) is 0 Å². The second kappa shape index (κ2) is 5.87. The Morgan fingerprint density at radius 2 is 1.42 bits per heavy atom. The van der Waals surface area contributed by atoms with Crippen molar-refractivity contribution in [3.05, 3.63) is 22.3 Å². The zero-order chi connectivity index (χ0) is 14.7. The van der Waals surface area contributed by atoms with E-state index in [1.165, 1.54) is 6.92 Å².